The predicted molar refractivity (Wildman–Crippen MR) is 53.6 cm³/mol. The molecule has 0 aliphatic heterocycles. The van der Waals surface area contributed by atoms with Crippen LogP contribution in [0.25, 0.3) is 0 Å². The lowest BCUT2D eigenvalue weighted by Gasteiger charge is -2.09. The predicted octanol–water partition coefficient (Wildman–Crippen LogP) is -0.946. The van der Waals surface area contributed by atoms with E-state index in [0.717, 1.165) is 0 Å². The Morgan fingerprint density at radius 2 is 2.14 bits per heavy atom. The Balaban J connectivity index is 2.94. The first-order valence-corrected chi connectivity index (χ1v) is 5.26. The lowest BCUT2D eigenvalue weighted by Crippen LogP contribution is -2.32. The van der Waals surface area contributed by atoms with Gasteiger partial charge in [0.15, 0.2) is 0 Å². The van der Waals surface area contributed by atoms with Gasteiger partial charge < -0.3 is 14.6 Å². The minimum atomic E-state index is -2.12. The van der Waals surface area contributed by atoms with Crippen LogP contribution in [-0.4, -0.2) is 25.9 Å². The minimum absolute atomic E-state index is 0.0529. The molecule has 1 rings (SSSR count). The summed E-state index contributed by atoms with van der Waals surface area (Å²) in [6.45, 7) is 1.70. The molecule has 0 aliphatic carbocycles. The monoisotopic (exact) mass is 213 g/mol. The van der Waals surface area contributed by atoms with Crippen molar-refractivity contribution in [2.45, 2.75) is 12.7 Å². The SMILES string of the molecule is Cc1cc(CS(=O)[O-])ccc1B(O)O. The third-order valence-electron chi connectivity index (χ3n) is 1.90. The van der Waals surface area contributed by atoms with Gasteiger partial charge in [-0.3, -0.25) is 4.21 Å². The zero-order valence-electron chi connectivity index (χ0n) is 7.64. The molecule has 0 bridgehead atoms. The van der Waals surface area contributed by atoms with Gasteiger partial charge in [-0.25, -0.2) is 0 Å². The van der Waals surface area contributed by atoms with E-state index in [4.69, 9.17) is 10.0 Å². The van der Waals surface area contributed by atoms with Crippen molar-refractivity contribution in [3.63, 3.8) is 0 Å². The molecule has 1 unspecified atom stereocenters. The Hall–Kier alpha value is -0.685. The fraction of sp³-hybridized carbons (Fsp3) is 0.250. The largest absolute Gasteiger partial charge is 0.772 e. The highest BCUT2D eigenvalue weighted by Crippen LogP contribution is 2.04. The molecule has 0 heterocycles. The number of hydrogen-bond acceptors (Lipinski definition) is 4. The van der Waals surface area contributed by atoms with Gasteiger partial charge in [0.05, 0.1) is 0 Å². The highest BCUT2D eigenvalue weighted by atomic mass is 32.2. The van der Waals surface area contributed by atoms with Gasteiger partial charge in [0.2, 0.25) is 0 Å². The second-order valence-electron chi connectivity index (χ2n) is 3.01. The molecule has 0 aromatic heterocycles. The van der Waals surface area contributed by atoms with Crippen molar-refractivity contribution in [2.24, 2.45) is 0 Å². The Bertz CT molecular complexity index is 353. The van der Waals surface area contributed by atoms with Gasteiger partial charge in [-0.1, -0.05) is 34.8 Å². The van der Waals surface area contributed by atoms with Gasteiger partial charge >= 0.3 is 7.12 Å². The van der Waals surface area contributed by atoms with Crippen molar-refractivity contribution >= 4 is 23.7 Å². The summed E-state index contributed by atoms with van der Waals surface area (Å²) in [6.07, 6.45) is 0. The smallest absolute Gasteiger partial charge is 0.488 e. The molecule has 6 heteroatoms. The van der Waals surface area contributed by atoms with E-state index in [1.807, 2.05) is 0 Å². The summed E-state index contributed by atoms with van der Waals surface area (Å²) in [4.78, 5) is 0. The Kier molecular flexibility index (Phi) is 3.82. The summed E-state index contributed by atoms with van der Waals surface area (Å²) < 4.78 is 20.8. The van der Waals surface area contributed by atoms with Crippen LogP contribution in [0.5, 0.6) is 0 Å². The van der Waals surface area contributed by atoms with Gasteiger partial charge in [-0.15, -0.1) is 0 Å². The number of benzene rings is 1. The van der Waals surface area contributed by atoms with Crippen LogP contribution in [0.3, 0.4) is 0 Å². The average molecular weight is 213 g/mol. The second-order valence-corrected chi connectivity index (χ2v) is 3.91. The molecule has 76 valence electrons. The van der Waals surface area contributed by atoms with Crippen molar-refractivity contribution in [3.05, 3.63) is 29.3 Å². The third kappa shape index (κ3) is 2.92. The molecule has 0 saturated heterocycles. The van der Waals surface area contributed by atoms with Crippen LogP contribution in [0.4, 0.5) is 0 Å². The van der Waals surface area contributed by atoms with Crippen molar-refractivity contribution in [3.8, 4) is 0 Å². The Labute approximate surface area is 85.0 Å². The number of rotatable bonds is 3. The highest BCUT2D eigenvalue weighted by Gasteiger charge is 2.13. The first-order chi connectivity index (χ1) is 6.50. The quantitative estimate of drug-likeness (QED) is 0.501. The molecule has 2 N–H and O–H groups in total. The summed E-state index contributed by atoms with van der Waals surface area (Å²) >= 11 is -2.12. The normalized spacial score (nSPS) is 12.6. The lowest BCUT2D eigenvalue weighted by atomic mass is 9.77. The van der Waals surface area contributed by atoms with Crippen molar-refractivity contribution in [1.82, 2.24) is 0 Å². The molecular weight excluding hydrogens is 203 g/mol. The molecule has 14 heavy (non-hydrogen) atoms. The molecule has 1 atom stereocenters. The molecule has 4 nitrogen and oxygen atoms in total. The van der Waals surface area contributed by atoms with Gasteiger partial charge in [0, 0.05) is 5.75 Å². The first-order valence-electron chi connectivity index (χ1n) is 4.02. The fourth-order valence-corrected chi connectivity index (χ4v) is 1.71. The highest BCUT2D eigenvalue weighted by molar-refractivity contribution is 7.78. The van der Waals surface area contributed by atoms with E-state index in [0.29, 0.717) is 16.6 Å². The maximum absolute atomic E-state index is 10.4. The molecule has 0 aliphatic rings. The van der Waals surface area contributed by atoms with Gasteiger partial charge in [-0.2, -0.15) is 0 Å². The molecule has 0 radical (unpaired) electrons. The summed E-state index contributed by atoms with van der Waals surface area (Å²) in [5, 5.41) is 17.8. The molecule has 1 aromatic carbocycles. The second kappa shape index (κ2) is 4.70. The van der Waals surface area contributed by atoms with Crippen LogP contribution < -0.4 is 5.46 Å². The zero-order valence-corrected chi connectivity index (χ0v) is 8.45. The van der Waals surface area contributed by atoms with Crippen LogP contribution in [0.1, 0.15) is 11.1 Å². The molecule has 0 saturated carbocycles. The zero-order chi connectivity index (χ0) is 10.7. The number of aryl methyl sites for hydroxylation is 1. The van der Waals surface area contributed by atoms with Crippen molar-refractivity contribution < 1.29 is 18.8 Å². The molecule has 0 spiro atoms. The van der Waals surface area contributed by atoms with Crippen LogP contribution in [0, 0.1) is 6.92 Å². The lowest BCUT2D eigenvalue weighted by molar-refractivity contribution is 0.425. The molecule has 0 amide bonds. The fourth-order valence-electron chi connectivity index (χ4n) is 1.25. The van der Waals surface area contributed by atoms with Gasteiger partial charge in [0.25, 0.3) is 0 Å². The van der Waals surface area contributed by atoms with E-state index in [9.17, 15) is 8.76 Å². The van der Waals surface area contributed by atoms with E-state index in [1.165, 1.54) is 6.07 Å². The maximum atomic E-state index is 10.4. The van der Waals surface area contributed by atoms with Crippen LogP contribution in [0.15, 0.2) is 18.2 Å². The molecule has 1 aromatic rings. The Morgan fingerprint density at radius 1 is 1.50 bits per heavy atom. The number of hydrogen-bond donors (Lipinski definition) is 2. The van der Waals surface area contributed by atoms with Crippen molar-refractivity contribution in [1.29, 1.82) is 0 Å². The maximum Gasteiger partial charge on any atom is 0.488 e. The van der Waals surface area contributed by atoms with E-state index >= 15 is 0 Å². The first kappa shape index (κ1) is 11.4. The van der Waals surface area contributed by atoms with Crippen LogP contribution in [0.2, 0.25) is 0 Å². The van der Waals surface area contributed by atoms with E-state index in [2.05, 4.69) is 0 Å². The third-order valence-corrected chi connectivity index (χ3v) is 2.47. The van der Waals surface area contributed by atoms with Crippen molar-refractivity contribution in [2.75, 3.05) is 0 Å². The molecule has 0 fully saturated rings. The van der Waals surface area contributed by atoms with E-state index in [-0.39, 0.29) is 5.75 Å². The van der Waals surface area contributed by atoms with Crippen LogP contribution in [-0.2, 0) is 16.8 Å². The topological polar surface area (TPSA) is 80.6 Å². The Morgan fingerprint density at radius 3 is 2.57 bits per heavy atom. The van der Waals surface area contributed by atoms with Crippen LogP contribution >= 0.6 is 0 Å². The minimum Gasteiger partial charge on any atom is -0.772 e. The van der Waals surface area contributed by atoms with E-state index in [1.54, 1.807) is 19.1 Å². The summed E-state index contributed by atoms with van der Waals surface area (Å²) in [5.41, 5.74) is 1.70. The summed E-state index contributed by atoms with van der Waals surface area (Å²) in [5.74, 6) is -0.0529. The molecular formula is C8H10BO4S-. The standard InChI is InChI=1S/C8H11BO4S/c1-6-4-7(5-14(12)13)2-3-8(6)9(10)11/h2-4,10-11H,5H2,1H3,(H,12,13)/p-1. The van der Waals surface area contributed by atoms with E-state index < -0.39 is 18.2 Å². The average Bonchev–Trinajstić information content (AvgIpc) is 2.01. The summed E-state index contributed by atoms with van der Waals surface area (Å²) in [7, 11) is -1.51. The van der Waals surface area contributed by atoms with Gasteiger partial charge in [0.1, 0.15) is 0 Å². The van der Waals surface area contributed by atoms with Gasteiger partial charge in [-0.05, 0) is 17.9 Å². The summed E-state index contributed by atoms with van der Waals surface area (Å²) in [6, 6.07) is 4.71.